The lowest BCUT2D eigenvalue weighted by Gasteiger charge is -2.39. The molecule has 8 nitrogen and oxygen atoms in total. The standard InChI is InChI=1S/C29H37ClN2O6/c1-5-9-17-37-27(36)23-22-25(34)32(20(7-3)18-33)24(29(22)15-14-28(23,8-4)38-29)26(35)31(16-6-2)21-12-10-19(30)11-13-21/h5-6,10-13,20,22-24,33H,1-2,7-9,14-18H2,3-4H3/t20-,22-,23+,24?,28-,29?/m0/s1. The molecular weight excluding hydrogens is 508 g/mol. The third kappa shape index (κ3) is 4.36. The fourth-order valence-corrected chi connectivity index (χ4v) is 6.78. The second kappa shape index (κ2) is 11.2. The van der Waals surface area contributed by atoms with Crippen molar-refractivity contribution in [3.8, 4) is 0 Å². The molecule has 2 unspecified atom stereocenters. The Morgan fingerprint density at radius 2 is 1.97 bits per heavy atom. The fourth-order valence-electron chi connectivity index (χ4n) is 6.65. The molecule has 3 heterocycles. The van der Waals surface area contributed by atoms with Crippen LogP contribution in [0.1, 0.15) is 46.0 Å². The number of carbonyl (C=O) groups excluding carboxylic acids is 3. The zero-order chi connectivity index (χ0) is 27.7. The number of hydrogen-bond acceptors (Lipinski definition) is 6. The van der Waals surface area contributed by atoms with Gasteiger partial charge in [-0.15, -0.1) is 13.2 Å². The van der Waals surface area contributed by atoms with Crippen molar-refractivity contribution in [1.82, 2.24) is 4.90 Å². The van der Waals surface area contributed by atoms with E-state index in [1.807, 2.05) is 13.8 Å². The van der Waals surface area contributed by atoms with Gasteiger partial charge in [-0.05, 0) is 56.4 Å². The molecule has 2 amide bonds. The van der Waals surface area contributed by atoms with Gasteiger partial charge in [0.15, 0.2) is 0 Å². The van der Waals surface area contributed by atoms with Gasteiger partial charge in [0.05, 0.1) is 30.8 Å². The highest BCUT2D eigenvalue weighted by atomic mass is 35.5. The van der Waals surface area contributed by atoms with Crippen molar-refractivity contribution in [1.29, 1.82) is 0 Å². The molecule has 3 aliphatic heterocycles. The molecule has 1 aromatic rings. The maximum atomic E-state index is 14.5. The van der Waals surface area contributed by atoms with Crippen LogP contribution < -0.4 is 4.90 Å². The number of esters is 1. The third-order valence-electron chi connectivity index (χ3n) is 8.46. The molecule has 4 rings (SSSR count). The molecular formula is C29H37ClN2O6. The van der Waals surface area contributed by atoms with Crippen molar-refractivity contribution in [2.24, 2.45) is 11.8 Å². The van der Waals surface area contributed by atoms with E-state index >= 15 is 0 Å². The van der Waals surface area contributed by atoms with E-state index in [2.05, 4.69) is 13.2 Å². The molecule has 3 aliphatic rings. The Kier molecular flexibility index (Phi) is 8.35. The number of halogens is 1. The normalized spacial score (nSPS) is 30.2. The van der Waals surface area contributed by atoms with Gasteiger partial charge in [-0.2, -0.15) is 0 Å². The van der Waals surface area contributed by atoms with Gasteiger partial charge in [-0.3, -0.25) is 14.4 Å². The number of hydrogen-bond donors (Lipinski definition) is 1. The smallest absolute Gasteiger partial charge is 0.312 e. The maximum absolute atomic E-state index is 14.5. The molecule has 1 spiro atoms. The van der Waals surface area contributed by atoms with Crippen molar-refractivity contribution >= 4 is 35.1 Å². The zero-order valence-corrected chi connectivity index (χ0v) is 22.9. The van der Waals surface area contributed by atoms with Crippen molar-refractivity contribution < 1.29 is 29.0 Å². The first-order valence-corrected chi connectivity index (χ1v) is 13.7. The van der Waals surface area contributed by atoms with Crippen molar-refractivity contribution in [3.05, 3.63) is 54.6 Å². The topological polar surface area (TPSA) is 96.4 Å². The number of ether oxygens (including phenoxy) is 2. The number of nitrogens with zero attached hydrogens (tertiary/aromatic N) is 2. The Bertz CT molecular complexity index is 1090. The minimum absolute atomic E-state index is 0.163. The number of fused-ring (bicyclic) bond motifs is 1. The average Bonchev–Trinajstić information content (AvgIpc) is 3.52. The number of aliphatic hydroxyl groups is 1. The second-order valence-corrected chi connectivity index (χ2v) is 10.7. The summed E-state index contributed by atoms with van der Waals surface area (Å²) in [5, 5.41) is 10.8. The number of amides is 2. The Hall–Kier alpha value is -2.68. The van der Waals surface area contributed by atoms with Crippen molar-refractivity contribution in [2.45, 2.75) is 69.2 Å². The number of carbonyl (C=O) groups is 3. The molecule has 3 fully saturated rings. The largest absolute Gasteiger partial charge is 0.465 e. The second-order valence-electron chi connectivity index (χ2n) is 10.3. The van der Waals surface area contributed by atoms with Gasteiger partial charge in [-0.1, -0.05) is 37.6 Å². The van der Waals surface area contributed by atoms with Crippen LogP contribution >= 0.6 is 11.6 Å². The van der Waals surface area contributed by atoms with Crippen LogP contribution in [0, 0.1) is 11.8 Å². The van der Waals surface area contributed by atoms with Crippen molar-refractivity contribution in [3.63, 3.8) is 0 Å². The van der Waals surface area contributed by atoms with Gasteiger partial charge in [0, 0.05) is 17.3 Å². The van der Waals surface area contributed by atoms with Gasteiger partial charge >= 0.3 is 5.97 Å². The third-order valence-corrected chi connectivity index (χ3v) is 8.72. The maximum Gasteiger partial charge on any atom is 0.312 e. The van der Waals surface area contributed by atoms with E-state index in [1.54, 1.807) is 41.3 Å². The monoisotopic (exact) mass is 544 g/mol. The highest BCUT2D eigenvalue weighted by molar-refractivity contribution is 6.30. The van der Waals surface area contributed by atoms with E-state index in [0.717, 1.165) is 0 Å². The van der Waals surface area contributed by atoms with Crippen LogP contribution in [0.2, 0.25) is 5.02 Å². The van der Waals surface area contributed by atoms with Gasteiger partial charge in [0.1, 0.15) is 17.6 Å². The van der Waals surface area contributed by atoms with Crippen LogP contribution in [-0.4, -0.2) is 70.8 Å². The average molecular weight is 545 g/mol. The van der Waals surface area contributed by atoms with E-state index < -0.39 is 41.1 Å². The lowest BCUT2D eigenvalue weighted by Crippen LogP contribution is -2.59. The summed E-state index contributed by atoms with van der Waals surface area (Å²) in [4.78, 5) is 45.2. The quantitative estimate of drug-likeness (QED) is 0.243. The molecule has 0 saturated carbocycles. The summed E-state index contributed by atoms with van der Waals surface area (Å²) in [6, 6.07) is 5.24. The summed E-state index contributed by atoms with van der Waals surface area (Å²) in [7, 11) is 0. The number of rotatable bonds is 12. The minimum Gasteiger partial charge on any atom is -0.465 e. The lowest BCUT2D eigenvalue weighted by molar-refractivity contribution is -0.162. The van der Waals surface area contributed by atoms with E-state index in [4.69, 9.17) is 21.1 Å². The van der Waals surface area contributed by atoms with E-state index in [1.165, 1.54) is 4.90 Å². The first-order valence-electron chi connectivity index (χ1n) is 13.3. The summed E-state index contributed by atoms with van der Waals surface area (Å²) in [6.45, 7) is 11.3. The number of aliphatic hydroxyl groups excluding tert-OH is 1. The van der Waals surface area contributed by atoms with Gasteiger partial charge < -0.3 is 24.4 Å². The highest BCUT2D eigenvalue weighted by Crippen LogP contribution is 2.65. The molecule has 0 radical (unpaired) electrons. The van der Waals surface area contributed by atoms with E-state index in [0.29, 0.717) is 42.8 Å². The van der Waals surface area contributed by atoms with Gasteiger partial charge in [0.2, 0.25) is 5.91 Å². The fraction of sp³-hybridized carbons (Fsp3) is 0.552. The summed E-state index contributed by atoms with van der Waals surface area (Å²) in [6.07, 6.45) is 5.70. The number of anilines is 1. The van der Waals surface area contributed by atoms with Crippen LogP contribution in [0.15, 0.2) is 49.6 Å². The molecule has 3 saturated heterocycles. The zero-order valence-electron chi connectivity index (χ0n) is 22.1. The van der Waals surface area contributed by atoms with Crippen LogP contribution in [0.4, 0.5) is 5.69 Å². The Morgan fingerprint density at radius 1 is 1.26 bits per heavy atom. The Labute approximate surface area is 229 Å². The lowest BCUT2D eigenvalue weighted by atomic mass is 9.65. The van der Waals surface area contributed by atoms with Gasteiger partial charge in [-0.25, -0.2) is 0 Å². The Morgan fingerprint density at radius 3 is 2.55 bits per heavy atom. The number of likely N-dealkylation sites (tertiary alicyclic amines) is 1. The van der Waals surface area contributed by atoms with Crippen LogP contribution in [-0.2, 0) is 23.9 Å². The molecule has 9 heteroatoms. The minimum atomic E-state index is -1.21. The molecule has 0 aromatic heterocycles. The summed E-state index contributed by atoms with van der Waals surface area (Å²) < 4.78 is 12.3. The Balaban J connectivity index is 1.82. The molecule has 206 valence electrons. The highest BCUT2D eigenvalue weighted by Gasteiger charge is 2.79. The van der Waals surface area contributed by atoms with Crippen LogP contribution in [0.3, 0.4) is 0 Å². The molecule has 38 heavy (non-hydrogen) atoms. The SMILES string of the molecule is C=CCCOC(=O)[C@H]1[C@H]2C(=O)N([C@@H](CC)CO)C(C(=O)N(CC=C)c3ccc(Cl)cc3)C23CC[C@]1(CC)O3. The van der Waals surface area contributed by atoms with E-state index in [9.17, 15) is 19.5 Å². The predicted molar refractivity (Wildman–Crippen MR) is 145 cm³/mol. The van der Waals surface area contributed by atoms with Crippen LogP contribution in [0.5, 0.6) is 0 Å². The first-order chi connectivity index (χ1) is 18.2. The first kappa shape index (κ1) is 28.3. The van der Waals surface area contributed by atoms with Crippen LogP contribution in [0.25, 0.3) is 0 Å². The summed E-state index contributed by atoms with van der Waals surface area (Å²) in [5.41, 5.74) is -1.50. The summed E-state index contributed by atoms with van der Waals surface area (Å²) >= 11 is 6.09. The predicted octanol–water partition coefficient (Wildman–Crippen LogP) is 3.90. The molecule has 1 aromatic carbocycles. The molecule has 1 N–H and O–H groups in total. The molecule has 6 atom stereocenters. The summed E-state index contributed by atoms with van der Waals surface area (Å²) in [5.74, 6) is -2.89. The molecule has 2 bridgehead atoms. The van der Waals surface area contributed by atoms with E-state index in [-0.39, 0.29) is 31.6 Å². The number of benzene rings is 1. The van der Waals surface area contributed by atoms with Crippen molar-refractivity contribution in [2.75, 3.05) is 24.7 Å². The molecule has 0 aliphatic carbocycles. The van der Waals surface area contributed by atoms with Gasteiger partial charge in [0.25, 0.3) is 5.91 Å².